The van der Waals surface area contributed by atoms with E-state index in [0.717, 1.165) is 17.2 Å². The van der Waals surface area contributed by atoms with Crippen molar-refractivity contribution in [3.05, 3.63) is 48.2 Å². The topological polar surface area (TPSA) is 33.1 Å². The maximum atomic E-state index is 12.3. The second-order valence-corrected chi connectivity index (χ2v) is 4.57. The van der Waals surface area contributed by atoms with Crippen LogP contribution in [0, 0.1) is 0 Å². The van der Waals surface area contributed by atoms with Crippen LogP contribution in [0.4, 0.5) is 13.2 Å². The summed E-state index contributed by atoms with van der Waals surface area (Å²) in [7, 11) is 0. The van der Waals surface area contributed by atoms with E-state index >= 15 is 0 Å². The maximum absolute atomic E-state index is 12.3. The molecule has 2 aromatic rings. The number of nitrogens with zero attached hydrogens (tertiary/aromatic N) is 1. The van der Waals surface area contributed by atoms with Gasteiger partial charge in [0.05, 0.1) is 5.56 Å². The predicted octanol–water partition coefficient (Wildman–Crippen LogP) is 3.96. The number of alkyl halides is 3. The first-order valence-electron chi connectivity index (χ1n) is 4.95. The minimum absolute atomic E-state index is 0.139. The molecule has 1 aromatic heterocycles. The minimum Gasteiger partial charge on any atom is -0.508 e. The molecule has 18 heavy (non-hydrogen) atoms. The van der Waals surface area contributed by atoms with E-state index in [9.17, 15) is 13.2 Å². The van der Waals surface area contributed by atoms with E-state index < -0.39 is 11.7 Å². The van der Waals surface area contributed by atoms with Crippen LogP contribution in [-0.2, 0) is 6.18 Å². The van der Waals surface area contributed by atoms with Crippen molar-refractivity contribution in [2.45, 2.75) is 16.1 Å². The average molecular weight is 271 g/mol. The van der Waals surface area contributed by atoms with Crippen molar-refractivity contribution >= 4 is 11.8 Å². The Morgan fingerprint density at radius 1 is 1.00 bits per heavy atom. The lowest BCUT2D eigenvalue weighted by atomic mass is 10.3. The summed E-state index contributed by atoms with van der Waals surface area (Å²) in [5.41, 5.74) is -0.766. The zero-order valence-corrected chi connectivity index (χ0v) is 9.79. The van der Waals surface area contributed by atoms with Crippen molar-refractivity contribution in [3.8, 4) is 5.75 Å². The molecule has 6 heteroatoms. The molecule has 0 aliphatic carbocycles. The number of pyridine rings is 1. The minimum atomic E-state index is -4.37. The van der Waals surface area contributed by atoms with E-state index in [2.05, 4.69) is 4.98 Å². The van der Waals surface area contributed by atoms with Gasteiger partial charge >= 0.3 is 6.18 Å². The zero-order valence-electron chi connectivity index (χ0n) is 8.98. The summed E-state index contributed by atoms with van der Waals surface area (Å²) in [6, 6.07) is 8.66. The lowest BCUT2D eigenvalue weighted by Gasteiger charge is -2.06. The molecule has 1 aromatic carbocycles. The third-order valence-corrected chi connectivity index (χ3v) is 3.08. The molecule has 0 unspecified atom stereocenters. The molecular weight excluding hydrogens is 263 g/mol. The molecule has 0 fully saturated rings. The van der Waals surface area contributed by atoms with Gasteiger partial charge in [-0.05, 0) is 36.4 Å². The fourth-order valence-electron chi connectivity index (χ4n) is 1.24. The fraction of sp³-hybridized carbons (Fsp3) is 0.0833. The van der Waals surface area contributed by atoms with Gasteiger partial charge in [0.1, 0.15) is 10.8 Å². The smallest absolute Gasteiger partial charge is 0.417 e. The number of halogens is 3. The van der Waals surface area contributed by atoms with Gasteiger partial charge in [-0.15, -0.1) is 0 Å². The Balaban J connectivity index is 2.13. The molecule has 0 spiro atoms. The molecular formula is C12H8F3NOS. The van der Waals surface area contributed by atoms with E-state index in [-0.39, 0.29) is 5.75 Å². The molecule has 0 atom stereocenters. The Morgan fingerprint density at radius 2 is 1.67 bits per heavy atom. The van der Waals surface area contributed by atoms with E-state index in [1.54, 1.807) is 12.1 Å². The Morgan fingerprint density at radius 3 is 2.17 bits per heavy atom. The lowest BCUT2D eigenvalue weighted by molar-refractivity contribution is -0.137. The number of aromatic hydroxyl groups is 1. The quantitative estimate of drug-likeness (QED) is 0.897. The Bertz CT molecular complexity index is 523. The normalized spacial score (nSPS) is 11.5. The van der Waals surface area contributed by atoms with Gasteiger partial charge in [-0.3, -0.25) is 0 Å². The monoisotopic (exact) mass is 271 g/mol. The van der Waals surface area contributed by atoms with Crippen LogP contribution in [0.1, 0.15) is 5.56 Å². The molecule has 0 saturated carbocycles. The van der Waals surface area contributed by atoms with Gasteiger partial charge < -0.3 is 5.11 Å². The van der Waals surface area contributed by atoms with Crippen LogP contribution in [0.3, 0.4) is 0 Å². The van der Waals surface area contributed by atoms with Gasteiger partial charge in [0, 0.05) is 11.1 Å². The van der Waals surface area contributed by atoms with Crippen molar-refractivity contribution in [3.63, 3.8) is 0 Å². The second-order valence-electron chi connectivity index (χ2n) is 3.48. The fourth-order valence-corrected chi connectivity index (χ4v) is 2.00. The van der Waals surface area contributed by atoms with Gasteiger partial charge in [0.2, 0.25) is 0 Å². The van der Waals surface area contributed by atoms with Gasteiger partial charge in [-0.1, -0.05) is 11.8 Å². The van der Waals surface area contributed by atoms with E-state index in [1.165, 1.54) is 30.0 Å². The number of hydrogen-bond acceptors (Lipinski definition) is 3. The largest absolute Gasteiger partial charge is 0.508 e. The van der Waals surface area contributed by atoms with Crippen LogP contribution in [0.25, 0.3) is 0 Å². The van der Waals surface area contributed by atoms with Gasteiger partial charge in [0.15, 0.2) is 0 Å². The summed E-state index contributed by atoms with van der Waals surface area (Å²) >= 11 is 1.23. The van der Waals surface area contributed by atoms with Crippen molar-refractivity contribution in [1.29, 1.82) is 0 Å². The van der Waals surface area contributed by atoms with Crippen molar-refractivity contribution < 1.29 is 18.3 Å². The molecule has 0 bridgehead atoms. The Kier molecular flexibility index (Phi) is 3.47. The standard InChI is InChI=1S/C12H8F3NOS/c13-12(14,15)8-1-6-11(16-7-8)18-10-4-2-9(17)3-5-10/h1-7,17H. The highest BCUT2D eigenvalue weighted by Gasteiger charge is 2.30. The maximum Gasteiger partial charge on any atom is 0.417 e. The first-order chi connectivity index (χ1) is 8.45. The summed E-state index contributed by atoms with van der Waals surface area (Å²) < 4.78 is 36.9. The summed E-state index contributed by atoms with van der Waals surface area (Å²) in [5, 5.41) is 9.57. The van der Waals surface area contributed by atoms with E-state index in [1.807, 2.05) is 0 Å². The number of benzene rings is 1. The molecule has 1 N–H and O–H groups in total. The number of phenolic OH excluding ortho intramolecular Hbond substituents is 1. The molecule has 0 saturated heterocycles. The first kappa shape index (κ1) is 12.8. The lowest BCUT2D eigenvalue weighted by Crippen LogP contribution is -2.04. The highest BCUT2D eigenvalue weighted by Crippen LogP contribution is 2.31. The number of hydrogen-bond donors (Lipinski definition) is 1. The number of aromatic nitrogens is 1. The number of phenols is 1. The predicted molar refractivity (Wildman–Crippen MR) is 61.5 cm³/mol. The van der Waals surface area contributed by atoms with Gasteiger partial charge in [-0.25, -0.2) is 4.98 Å². The van der Waals surface area contributed by atoms with Crippen molar-refractivity contribution in [2.24, 2.45) is 0 Å². The molecule has 0 aliphatic heterocycles. The van der Waals surface area contributed by atoms with Crippen LogP contribution in [0.15, 0.2) is 52.5 Å². The molecule has 2 nitrogen and oxygen atoms in total. The van der Waals surface area contributed by atoms with E-state index in [0.29, 0.717) is 5.03 Å². The summed E-state index contributed by atoms with van der Waals surface area (Å²) in [4.78, 5) is 4.54. The zero-order chi connectivity index (χ0) is 13.2. The molecule has 0 aliphatic rings. The third kappa shape index (κ3) is 3.16. The molecule has 94 valence electrons. The highest BCUT2D eigenvalue weighted by molar-refractivity contribution is 7.99. The summed E-state index contributed by atoms with van der Waals surface area (Å²) in [6.45, 7) is 0. The van der Waals surface area contributed by atoms with Crippen LogP contribution in [0.5, 0.6) is 5.75 Å². The number of rotatable bonds is 2. The first-order valence-corrected chi connectivity index (χ1v) is 5.77. The Labute approximate surface area is 105 Å². The molecule has 0 radical (unpaired) electrons. The summed E-state index contributed by atoms with van der Waals surface area (Å²) in [6.07, 6.45) is -3.56. The second kappa shape index (κ2) is 4.89. The summed E-state index contributed by atoms with van der Waals surface area (Å²) in [5.74, 6) is 0.139. The van der Waals surface area contributed by atoms with Crippen molar-refractivity contribution in [2.75, 3.05) is 0 Å². The SMILES string of the molecule is Oc1ccc(Sc2ccc(C(F)(F)F)cn2)cc1. The highest BCUT2D eigenvalue weighted by atomic mass is 32.2. The van der Waals surface area contributed by atoms with Crippen LogP contribution >= 0.6 is 11.8 Å². The van der Waals surface area contributed by atoms with Crippen LogP contribution in [0.2, 0.25) is 0 Å². The third-order valence-electron chi connectivity index (χ3n) is 2.12. The molecule has 2 rings (SSSR count). The average Bonchev–Trinajstić information content (AvgIpc) is 2.32. The van der Waals surface area contributed by atoms with Crippen LogP contribution < -0.4 is 0 Å². The van der Waals surface area contributed by atoms with Crippen LogP contribution in [-0.4, -0.2) is 10.1 Å². The Hall–Kier alpha value is -1.69. The van der Waals surface area contributed by atoms with E-state index in [4.69, 9.17) is 5.11 Å². The van der Waals surface area contributed by atoms with Gasteiger partial charge in [-0.2, -0.15) is 13.2 Å². The molecule has 0 amide bonds. The van der Waals surface area contributed by atoms with Gasteiger partial charge in [0.25, 0.3) is 0 Å². The van der Waals surface area contributed by atoms with Crippen molar-refractivity contribution in [1.82, 2.24) is 4.98 Å². The molecule has 1 heterocycles.